The average molecular weight is 538 g/mol. The molecule has 9 nitrogen and oxygen atoms in total. The summed E-state index contributed by atoms with van der Waals surface area (Å²) in [4.78, 5) is 21.8. The molecule has 9 heteroatoms. The normalized spacial score (nSPS) is 17.3. The molecule has 2 fully saturated rings. The zero-order valence-corrected chi connectivity index (χ0v) is 23.6. The number of piperidine rings is 2. The third kappa shape index (κ3) is 4.83. The van der Waals surface area contributed by atoms with Crippen molar-refractivity contribution in [2.24, 2.45) is 0 Å². The number of anilines is 2. The largest absolute Gasteiger partial charge is 0.379 e. The maximum absolute atomic E-state index is 4.91. The number of aromatic amines is 3. The molecule has 5 aromatic rings. The fraction of sp³-hybridized carbons (Fsp3) is 0.452. The van der Waals surface area contributed by atoms with Crippen LogP contribution in [0.1, 0.15) is 56.2 Å². The number of likely N-dealkylation sites (tertiary alicyclic amines) is 1. The summed E-state index contributed by atoms with van der Waals surface area (Å²) in [6, 6.07) is 13.7. The number of hydrogen-bond donors (Lipinski definition) is 4. The summed E-state index contributed by atoms with van der Waals surface area (Å²) in [5.74, 6) is 1.81. The molecule has 0 spiro atoms. The number of aryl methyl sites for hydroxylation is 2. The summed E-state index contributed by atoms with van der Waals surface area (Å²) in [6.45, 7) is 9.67. The van der Waals surface area contributed by atoms with Crippen LogP contribution in [0.2, 0.25) is 0 Å². The Morgan fingerprint density at radius 3 is 2.58 bits per heavy atom. The van der Waals surface area contributed by atoms with Gasteiger partial charge in [-0.25, -0.2) is 9.97 Å². The van der Waals surface area contributed by atoms with Crippen LogP contribution in [0.4, 0.5) is 11.4 Å². The lowest BCUT2D eigenvalue weighted by molar-refractivity contribution is 0.141. The number of H-pyrrole nitrogens is 3. The average Bonchev–Trinajstić information content (AvgIpc) is 3.72. The fourth-order valence-electron chi connectivity index (χ4n) is 6.47. The molecule has 2 saturated heterocycles. The Morgan fingerprint density at radius 2 is 1.77 bits per heavy atom. The van der Waals surface area contributed by atoms with E-state index < -0.39 is 0 Å². The number of nitrogens with one attached hydrogen (secondary N) is 4. The smallest absolute Gasteiger partial charge is 0.159 e. The summed E-state index contributed by atoms with van der Waals surface area (Å²) in [7, 11) is 0. The lowest BCUT2D eigenvalue weighted by Crippen LogP contribution is -2.46. The lowest BCUT2D eigenvalue weighted by Gasteiger charge is -2.41. The molecule has 4 N–H and O–H groups in total. The van der Waals surface area contributed by atoms with Gasteiger partial charge >= 0.3 is 0 Å². The van der Waals surface area contributed by atoms with E-state index in [4.69, 9.17) is 9.97 Å². The number of aromatic nitrogens is 6. The Balaban J connectivity index is 1.08. The number of fused-ring (bicyclic) bond motifs is 2. The number of nitrogens with zero attached hydrogens (tertiary/aromatic N) is 5. The summed E-state index contributed by atoms with van der Waals surface area (Å²) >= 11 is 0. The number of imidazole rings is 2. The molecule has 2 aliphatic heterocycles. The monoisotopic (exact) mass is 537 g/mol. The number of rotatable bonds is 7. The van der Waals surface area contributed by atoms with Crippen molar-refractivity contribution in [1.82, 2.24) is 35.0 Å². The molecule has 0 saturated carbocycles. The molecule has 2 aliphatic rings. The van der Waals surface area contributed by atoms with Gasteiger partial charge in [0.2, 0.25) is 0 Å². The van der Waals surface area contributed by atoms with E-state index in [0.29, 0.717) is 6.54 Å². The molecule has 0 radical (unpaired) electrons. The van der Waals surface area contributed by atoms with Gasteiger partial charge in [-0.2, -0.15) is 5.10 Å². The maximum atomic E-state index is 4.91. The van der Waals surface area contributed by atoms with Crippen molar-refractivity contribution in [3.63, 3.8) is 0 Å². The van der Waals surface area contributed by atoms with Crippen molar-refractivity contribution >= 4 is 33.3 Å². The SMILES string of the molecule is CCc1nc(CNc2ccc3[nH]nc(-c4nc5ccc(N6CCC(N7CCCCC7)CC6)cc5[nH]4)c3c2)c(C)[nH]1. The summed E-state index contributed by atoms with van der Waals surface area (Å²) in [5, 5.41) is 12.4. The Hall–Kier alpha value is -3.85. The van der Waals surface area contributed by atoms with E-state index in [1.807, 2.05) is 0 Å². The predicted octanol–water partition coefficient (Wildman–Crippen LogP) is 5.77. The maximum Gasteiger partial charge on any atom is 0.159 e. The summed E-state index contributed by atoms with van der Waals surface area (Å²) in [6.07, 6.45) is 7.54. The molecular weight excluding hydrogens is 498 g/mol. The van der Waals surface area contributed by atoms with Gasteiger partial charge in [0.15, 0.2) is 5.82 Å². The van der Waals surface area contributed by atoms with Gasteiger partial charge in [0.1, 0.15) is 11.5 Å². The van der Waals surface area contributed by atoms with Crippen molar-refractivity contribution in [3.05, 3.63) is 53.6 Å². The second-order valence-corrected chi connectivity index (χ2v) is 11.4. The van der Waals surface area contributed by atoms with E-state index in [1.165, 1.54) is 50.9 Å². The Kier molecular flexibility index (Phi) is 6.67. The molecule has 7 rings (SSSR count). The van der Waals surface area contributed by atoms with Crippen molar-refractivity contribution in [2.75, 3.05) is 36.4 Å². The first-order chi connectivity index (χ1) is 19.6. The zero-order valence-electron chi connectivity index (χ0n) is 23.6. The van der Waals surface area contributed by atoms with Crippen LogP contribution in [-0.2, 0) is 13.0 Å². The van der Waals surface area contributed by atoms with Crippen molar-refractivity contribution in [2.45, 2.75) is 65.0 Å². The van der Waals surface area contributed by atoms with Gasteiger partial charge in [-0.1, -0.05) is 13.3 Å². The van der Waals surface area contributed by atoms with Gasteiger partial charge in [0.05, 0.1) is 28.8 Å². The van der Waals surface area contributed by atoms with E-state index in [1.54, 1.807) is 0 Å². The number of hydrogen-bond acceptors (Lipinski definition) is 6. The van der Waals surface area contributed by atoms with Crippen molar-refractivity contribution in [1.29, 1.82) is 0 Å². The van der Waals surface area contributed by atoms with Crippen LogP contribution in [0, 0.1) is 6.92 Å². The molecular formula is C31H39N9. The topological polar surface area (TPSA) is 105 Å². The highest BCUT2D eigenvalue weighted by atomic mass is 15.2. The van der Waals surface area contributed by atoms with Gasteiger partial charge < -0.3 is 25.1 Å². The van der Waals surface area contributed by atoms with Crippen molar-refractivity contribution in [3.8, 4) is 11.5 Å². The minimum atomic E-state index is 0.670. The molecule has 40 heavy (non-hydrogen) atoms. The molecule has 0 atom stereocenters. The molecule has 208 valence electrons. The minimum Gasteiger partial charge on any atom is -0.379 e. The van der Waals surface area contributed by atoms with Gasteiger partial charge in [-0.3, -0.25) is 5.10 Å². The highest BCUT2D eigenvalue weighted by Gasteiger charge is 2.26. The fourth-order valence-corrected chi connectivity index (χ4v) is 6.47. The quantitative estimate of drug-likeness (QED) is 0.210. The predicted molar refractivity (Wildman–Crippen MR) is 162 cm³/mol. The third-order valence-corrected chi connectivity index (χ3v) is 8.82. The van der Waals surface area contributed by atoms with Crippen LogP contribution in [0.25, 0.3) is 33.5 Å². The highest BCUT2D eigenvalue weighted by molar-refractivity contribution is 5.95. The first-order valence-electron chi connectivity index (χ1n) is 14.9. The van der Waals surface area contributed by atoms with Crippen LogP contribution in [-0.4, -0.2) is 67.3 Å². The minimum absolute atomic E-state index is 0.670. The van der Waals surface area contributed by atoms with Gasteiger partial charge in [-0.05, 0) is 82.1 Å². The second kappa shape index (κ2) is 10.6. The first kappa shape index (κ1) is 25.1. The van der Waals surface area contributed by atoms with Crippen molar-refractivity contribution < 1.29 is 0 Å². The van der Waals surface area contributed by atoms with E-state index in [9.17, 15) is 0 Å². The molecule has 0 bridgehead atoms. The zero-order chi connectivity index (χ0) is 27.1. The van der Waals surface area contributed by atoms with Crippen LogP contribution in [0.5, 0.6) is 0 Å². The van der Waals surface area contributed by atoms with Crippen LogP contribution in [0.15, 0.2) is 36.4 Å². The van der Waals surface area contributed by atoms with Gasteiger partial charge in [0, 0.05) is 48.0 Å². The second-order valence-electron chi connectivity index (χ2n) is 11.4. The van der Waals surface area contributed by atoms with Crippen LogP contribution in [0.3, 0.4) is 0 Å². The molecule has 3 aromatic heterocycles. The molecule has 0 amide bonds. The Bertz CT molecular complexity index is 1610. The van der Waals surface area contributed by atoms with E-state index in [0.717, 1.165) is 81.9 Å². The highest BCUT2D eigenvalue weighted by Crippen LogP contribution is 2.31. The lowest BCUT2D eigenvalue weighted by atomic mass is 9.99. The molecule has 0 aliphatic carbocycles. The number of benzene rings is 2. The Labute approximate surface area is 234 Å². The summed E-state index contributed by atoms with van der Waals surface area (Å²) < 4.78 is 0. The molecule has 2 aromatic carbocycles. The van der Waals surface area contributed by atoms with E-state index >= 15 is 0 Å². The third-order valence-electron chi connectivity index (χ3n) is 8.82. The van der Waals surface area contributed by atoms with Gasteiger partial charge in [0.25, 0.3) is 0 Å². The van der Waals surface area contributed by atoms with E-state index in [2.05, 4.69) is 85.5 Å². The first-order valence-corrected chi connectivity index (χ1v) is 14.9. The van der Waals surface area contributed by atoms with Crippen LogP contribution >= 0.6 is 0 Å². The summed E-state index contributed by atoms with van der Waals surface area (Å²) in [5.41, 5.74) is 8.31. The Morgan fingerprint density at radius 1 is 0.925 bits per heavy atom. The van der Waals surface area contributed by atoms with Crippen LogP contribution < -0.4 is 10.2 Å². The molecule has 0 unspecified atom stereocenters. The van der Waals surface area contributed by atoms with E-state index in [-0.39, 0.29) is 0 Å². The standard InChI is InChI=1S/C31H39N9/c1-3-29-33-20(2)28(34-29)19-32-21-7-9-25-24(17-21)30(38-37-25)31-35-26-10-8-23(18-27(26)36-31)40-15-11-22(12-16-40)39-13-5-4-6-14-39/h7-10,17-18,22,32H,3-6,11-16,19H2,1-2H3,(H,33,34)(H,35,36)(H,37,38). The molecule has 5 heterocycles. The van der Waals surface area contributed by atoms with Gasteiger partial charge in [-0.15, -0.1) is 0 Å².